The number of hydrogen-bond acceptors (Lipinski definition) is 26. The summed E-state index contributed by atoms with van der Waals surface area (Å²) in [5, 5.41) is 159. The SMILES string of the molecule is CC(=O)N[C@H]1[C@H](OC[C@@H](O)[C@H](O)[C@H](O[C@@H]2O[C@H](CO)[C@H](O[C@H]3O[C@H](CO)[C@@H](O)[C@H](O)[C@H]3NC(C)=O)[C@H](O)[C@H]2O)[C@H](CO)NC(C)=O)O[C@H](CO)[C@@H](O[C@@H]2O[C@H](CO)[C@H](O)[C@H](O)[C@H]2NC(C)=O)[C@@H]1O. The van der Waals surface area contributed by atoms with E-state index < -0.39 is 210 Å². The maximum Gasteiger partial charge on any atom is 0.217 e. The van der Waals surface area contributed by atoms with Crippen LogP contribution in [0.3, 0.4) is 0 Å². The minimum atomic E-state index is -2.25. The molecule has 4 heterocycles. The Labute approximate surface area is 387 Å². The van der Waals surface area contributed by atoms with Crippen LogP contribution in [0.4, 0.5) is 0 Å². The molecule has 0 aromatic carbocycles. The van der Waals surface area contributed by atoms with Crippen LogP contribution in [0.25, 0.3) is 0 Å². The van der Waals surface area contributed by atoms with Crippen LogP contribution < -0.4 is 21.3 Å². The molecule has 0 aromatic rings. The minimum absolute atomic E-state index is 0.708. The van der Waals surface area contributed by atoms with E-state index >= 15 is 0 Å². The molecular formula is C38H66N4O26. The minimum Gasteiger partial charge on any atom is -0.394 e. The van der Waals surface area contributed by atoms with Crippen LogP contribution >= 0.6 is 0 Å². The lowest BCUT2D eigenvalue weighted by molar-refractivity contribution is -0.356. The highest BCUT2D eigenvalue weighted by atomic mass is 16.8. The largest absolute Gasteiger partial charge is 0.394 e. The van der Waals surface area contributed by atoms with E-state index in [1.54, 1.807) is 0 Å². The lowest BCUT2D eigenvalue weighted by Gasteiger charge is -2.48. The molecule has 0 spiro atoms. The number of amides is 4. The first-order chi connectivity index (χ1) is 32.0. The molecule has 0 unspecified atom stereocenters. The molecule has 4 aliphatic rings. The quantitative estimate of drug-likeness (QED) is 0.0508. The fourth-order valence-corrected chi connectivity index (χ4v) is 8.15. The molecule has 4 aliphatic heterocycles. The third kappa shape index (κ3) is 13.9. The van der Waals surface area contributed by atoms with Crippen LogP contribution in [0.1, 0.15) is 27.7 Å². The molecule has 0 radical (unpaired) electrons. The molecule has 0 aliphatic carbocycles. The Bertz CT molecular complexity index is 1620. The molecule has 0 saturated carbocycles. The molecule has 4 fully saturated rings. The van der Waals surface area contributed by atoms with Crippen molar-refractivity contribution in [3.05, 3.63) is 0 Å². The van der Waals surface area contributed by atoms with Crippen molar-refractivity contribution >= 4 is 23.6 Å². The standard InChI is InChI=1S/C38H66N4O26/c1-11(48)39-15(5-43)32(66-38-31(60)30(59)34(20(9-47)65-38)68-37-22(41-13(3)50)28(57)26(55)18(7-45)63-37)24(53)16(52)10-61-35-23(42-14(4)51)29(58)33(19(8-46)64-35)67-36-21(40-12(2)49)27(56)25(54)17(6-44)62-36/h15-38,43-47,52-60H,5-10H2,1-4H3,(H,39,48)(H,40,49)(H,41,50)(H,42,51)/t15-,16+,17+,18+,19+,20+,21+,22+,23+,24-,25-,26+,27+,28+,29+,30+,31+,32+,33+,34-,35+,36-,37+,38-/m0/s1. The zero-order valence-corrected chi connectivity index (χ0v) is 37.3. The fourth-order valence-electron chi connectivity index (χ4n) is 8.15. The molecule has 4 rings (SSSR count). The first-order valence-corrected chi connectivity index (χ1v) is 21.5. The lowest BCUT2D eigenvalue weighted by Crippen LogP contribution is -2.69. The lowest BCUT2D eigenvalue weighted by atomic mass is 9.94. The Kier molecular flexibility index (Phi) is 21.9. The predicted molar refractivity (Wildman–Crippen MR) is 215 cm³/mol. The van der Waals surface area contributed by atoms with Crippen LogP contribution in [-0.4, -0.2) is 282 Å². The zero-order valence-electron chi connectivity index (χ0n) is 37.3. The van der Waals surface area contributed by atoms with Crippen molar-refractivity contribution in [1.82, 2.24) is 21.3 Å². The second-order valence-corrected chi connectivity index (χ2v) is 16.7. The van der Waals surface area contributed by atoms with Crippen LogP contribution in [-0.2, 0) is 57.1 Å². The average Bonchev–Trinajstić information content (AvgIpc) is 3.28. The van der Waals surface area contributed by atoms with Gasteiger partial charge in [0.25, 0.3) is 0 Å². The van der Waals surface area contributed by atoms with E-state index in [1.807, 2.05) is 0 Å². The Morgan fingerprint density at radius 3 is 1.29 bits per heavy atom. The van der Waals surface area contributed by atoms with Crippen LogP contribution in [0.5, 0.6) is 0 Å². The van der Waals surface area contributed by atoms with Crippen molar-refractivity contribution in [2.45, 2.75) is 175 Å². The molecule has 24 atom stereocenters. The van der Waals surface area contributed by atoms with E-state index in [4.69, 9.17) is 37.9 Å². The van der Waals surface area contributed by atoms with E-state index in [0.29, 0.717) is 0 Å². The van der Waals surface area contributed by atoms with Gasteiger partial charge in [0.2, 0.25) is 23.6 Å². The maximum absolute atomic E-state index is 12.4. The number of aliphatic hydroxyl groups excluding tert-OH is 14. The smallest absolute Gasteiger partial charge is 0.217 e. The summed E-state index contributed by atoms with van der Waals surface area (Å²) in [7, 11) is 0. The average molecular weight is 995 g/mol. The first-order valence-electron chi connectivity index (χ1n) is 21.5. The van der Waals surface area contributed by atoms with Gasteiger partial charge in [0.1, 0.15) is 116 Å². The van der Waals surface area contributed by atoms with Gasteiger partial charge >= 0.3 is 0 Å². The molecule has 30 heteroatoms. The van der Waals surface area contributed by atoms with Gasteiger partial charge in [-0.15, -0.1) is 0 Å². The van der Waals surface area contributed by atoms with Gasteiger partial charge in [-0.2, -0.15) is 0 Å². The third-order valence-electron chi connectivity index (χ3n) is 11.6. The van der Waals surface area contributed by atoms with Gasteiger partial charge in [0.15, 0.2) is 25.2 Å². The highest BCUT2D eigenvalue weighted by Crippen LogP contribution is 2.33. The van der Waals surface area contributed by atoms with Gasteiger partial charge in [-0.3, -0.25) is 19.2 Å². The van der Waals surface area contributed by atoms with Gasteiger partial charge in [0, 0.05) is 27.7 Å². The van der Waals surface area contributed by atoms with Gasteiger partial charge in [-0.25, -0.2) is 0 Å². The number of carbonyl (C=O) groups is 4. The molecule has 68 heavy (non-hydrogen) atoms. The Morgan fingerprint density at radius 2 is 0.897 bits per heavy atom. The number of aliphatic hydroxyl groups is 14. The summed E-state index contributed by atoms with van der Waals surface area (Å²) in [6.45, 7) is -1.41. The number of ether oxygens (including phenoxy) is 8. The molecule has 0 aromatic heterocycles. The van der Waals surface area contributed by atoms with Crippen LogP contribution in [0.15, 0.2) is 0 Å². The number of hydrogen-bond donors (Lipinski definition) is 18. The highest BCUT2D eigenvalue weighted by Gasteiger charge is 2.54. The van der Waals surface area contributed by atoms with E-state index in [-0.39, 0.29) is 0 Å². The monoisotopic (exact) mass is 994 g/mol. The van der Waals surface area contributed by atoms with E-state index in [0.717, 1.165) is 27.7 Å². The zero-order chi connectivity index (χ0) is 50.9. The number of nitrogens with one attached hydrogen (secondary N) is 4. The summed E-state index contributed by atoms with van der Waals surface area (Å²) in [6, 6.07) is -6.28. The second-order valence-electron chi connectivity index (χ2n) is 16.7. The van der Waals surface area contributed by atoms with Gasteiger partial charge in [-0.05, 0) is 0 Å². The second kappa shape index (κ2) is 25.9. The molecule has 4 saturated heterocycles. The molecule has 18 N–H and O–H groups in total. The summed E-state index contributed by atoms with van der Waals surface area (Å²) in [4.78, 5) is 48.4. The summed E-state index contributed by atoms with van der Waals surface area (Å²) in [5.74, 6) is -3.01. The van der Waals surface area contributed by atoms with Gasteiger partial charge in [0.05, 0.1) is 45.7 Å². The van der Waals surface area contributed by atoms with Crippen molar-refractivity contribution in [2.24, 2.45) is 0 Å². The fraction of sp³-hybridized carbons (Fsp3) is 0.895. The summed E-state index contributed by atoms with van der Waals surface area (Å²) < 4.78 is 45.7. The van der Waals surface area contributed by atoms with E-state index in [1.165, 1.54) is 0 Å². The molecule has 4 amide bonds. The van der Waals surface area contributed by atoms with Crippen LogP contribution in [0, 0.1) is 0 Å². The molecule has 394 valence electrons. The van der Waals surface area contributed by atoms with Gasteiger partial charge < -0.3 is 131 Å². The Morgan fingerprint density at radius 1 is 0.500 bits per heavy atom. The highest BCUT2D eigenvalue weighted by molar-refractivity contribution is 5.74. The van der Waals surface area contributed by atoms with Crippen molar-refractivity contribution < 1.29 is 129 Å². The third-order valence-corrected chi connectivity index (χ3v) is 11.6. The molecular weight excluding hydrogens is 928 g/mol. The maximum atomic E-state index is 12.4. The summed E-state index contributed by atoms with van der Waals surface area (Å²) in [5.41, 5.74) is 0. The Balaban J connectivity index is 1.53. The summed E-state index contributed by atoms with van der Waals surface area (Å²) in [6.07, 6.45) is -36.5. The topological polar surface area (TPSA) is 473 Å². The van der Waals surface area contributed by atoms with E-state index in [2.05, 4.69) is 21.3 Å². The molecule has 0 bridgehead atoms. The first kappa shape index (κ1) is 57.6. The van der Waals surface area contributed by atoms with E-state index in [9.17, 15) is 90.7 Å². The van der Waals surface area contributed by atoms with Crippen molar-refractivity contribution in [3.63, 3.8) is 0 Å². The Hall–Kier alpha value is -3.00. The van der Waals surface area contributed by atoms with Crippen molar-refractivity contribution in [3.8, 4) is 0 Å². The summed E-state index contributed by atoms with van der Waals surface area (Å²) >= 11 is 0. The normalized spacial score (nSPS) is 40.6. The number of carbonyl (C=O) groups excluding carboxylic acids is 4. The number of rotatable bonds is 21. The molecule has 30 nitrogen and oxygen atoms in total. The van der Waals surface area contributed by atoms with Crippen molar-refractivity contribution in [2.75, 3.05) is 39.6 Å². The van der Waals surface area contributed by atoms with Gasteiger partial charge in [-0.1, -0.05) is 0 Å². The predicted octanol–water partition coefficient (Wildman–Crippen LogP) is -11.7. The van der Waals surface area contributed by atoms with Crippen LogP contribution in [0.2, 0.25) is 0 Å². The van der Waals surface area contributed by atoms with Crippen molar-refractivity contribution in [1.29, 1.82) is 0 Å².